The van der Waals surface area contributed by atoms with Gasteiger partial charge in [-0.2, -0.15) is 0 Å². The van der Waals surface area contributed by atoms with Crippen LogP contribution < -0.4 is 10.5 Å². The Morgan fingerprint density at radius 1 is 1.25 bits per heavy atom. The van der Waals surface area contributed by atoms with Crippen molar-refractivity contribution >= 4 is 46.7 Å². The van der Waals surface area contributed by atoms with E-state index in [1.807, 2.05) is 36.6 Å². The summed E-state index contributed by atoms with van der Waals surface area (Å²) in [6.45, 7) is 0.418. The van der Waals surface area contributed by atoms with Gasteiger partial charge < -0.3 is 10.5 Å². The summed E-state index contributed by atoms with van der Waals surface area (Å²) in [5.74, 6) is 0.772. The number of nitrogens with zero attached hydrogens (tertiary/aromatic N) is 3. The zero-order valence-electron chi connectivity index (χ0n) is 10.9. The molecule has 0 spiro atoms. The molecule has 0 amide bonds. The lowest BCUT2D eigenvalue weighted by Gasteiger charge is -2.06. The Kier molecular flexibility index (Phi) is 7.31. The normalized spacial score (nSPS) is 10.8. The van der Waals surface area contributed by atoms with Gasteiger partial charge >= 0.3 is 0 Å². The van der Waals surface area contributed by atoms with Gasteiger partial charge in [-0.25, -0.2) is 15.0 Å². The quantitative estimate of drug-likeness (QED) is 0.484. The molecule has 106 valence electrons. The fourth-order valence-corrected chi connectivity index (χ4v) is 1.55. The van der Waals surface area contributed by atoms with Gasteiger partial charge in [0.2, 0.25) is 5.82 Å². The molecule has 5 nitrogen and oxygen atoms in total. The predicted octanol–water partition coefficient (Wildman–Crippen LogP) is 2.98. The standard InChI is InChI=1S/C13H14N4OS.HI/c1-19-13(14)17-11-12(16-8-7-15-11)18-9-10-5-3-2-4-6-10;/h2-8H,9H2,1H3,(H2,14,15,17);1H. The molecule has 20 heavy (non-hydrogen) atoms. The third-order valence-corrected chi connectivity index (χ3v) is 2.80. The molecule has 2 rings (SSSR count). The van der Waals surface area contributed by atoms with Crippen LogP contribution in [0, 0.1) is 0 Å². The Hall–Kier alpha value is -1.35. The lowest BCUT2D eigenvalue weighted by atomic mass is 10.2. The van der Waals surface area contributed by atoms with E-state index in [0.29, 0.717) is 23.5 Å². The first kappa shape index (κ1) is 16.7. The fourth-order valence-electron chi connectivity index (χ4n) is 1.37. The number of hydrogen-bond acceptors (Lipinski definition) is 5. The molecule has 1 aromatic carbocycles. The van der Waals surface area contributed by atoms with Crippen LogP contribution in [0.3, 0.4) is 0 Å². The first-order valence-corrected chi connectivity index (χ1v) is 6.88. The molecule has 7 heteroatoms. The Morgan fingerprint density at radius 3 is 2.65 bits per heavy atom. The van der Waals surface area contributed by atoms with E-state index < -0.39 is 0 Å². The monoisotopic (exact) mass is 402 g/mol. The molecule has 0 aliphatic rings. The molecule has 1 aromatic heterocycles. The Morgan fingerprint density at radius 2 is 1.95 bits per heavy atom. The average molecular weight is 402 g/mol. The molecule has 0 bridgehead atoms. The molecule has 0 saturated heterocycles. The molecular formula is C13H15IN4OS. The zero-order chi connectivity index (χ0) is 13.5. The highest BCUT2D eigenvalue weighted by atomic mass is 127. The van der Waals surface area contributed by atoms with Crippen molar-refractivity contribution in [3.05, 3.63) is 48.3 Å². The number of hydrogen-bond donors (Lipinski definition) is 1. The van der Waals surface area contributed by atoms with Crippen molar-refractivity contribution in [3.8, 4) is 5.88 Å². The number of rotatable bonds is 4. The maximum absolute atomic E-state index is 5.67. The van der Waals surface area contributed by atoms with Crippen LogP contribution in [0.4, 0.5) is 5.82 Å². The summed E-state index contributed by atoms with van der Waals surface area (Å²) < 4.78 is 5.62. The van der Waals surface area contributed by atoms with E-state index in [1.165, 1.54) is 11.8 Å². The van der Waals surface area contributed by atoms with E-state index in [9.17, 15) is 0 Å². The van der Waals surface area contributed by atoms with Crippen LogP contribution in [0.15, 0.2) is 47.7 Å². The van der Waals surface area contributed by atoms with Gasteiger partial charge in [0.25, 0.3) is 5.88 Å². The molecule has 0 fully saturated rings. The van der Waals surface area contributed by atoms with Crippen LogP contribution >= 0.6 is 35.7 Å². The van der Waals surface area contributed by atoms with Gasteiger partial charge in [0.1, 0.15) is 6.61 Å². The molecule has 0 radical (unpaired) electrons. The number of halogens is 1. The second-order valence-corrected chi connectivity index (χ2v) is 4.44. The van der Waals surface area contributed by atoms with Crippen molar-refractivity contribution < 1.29 is 4.74 Å². The van der Waals surface area contributed by atoms with Gasteiger partial charge in [0.05, 0.1) is 0 Å². The Balaban J connectivity index is 0.00000200. The average Bonchev–Trinajstić information content (AvgIpc) is 2.47. The third kappa shape index (κ3) is 4.97. The minimum absolute atomic E-state index is 0. The number of aromatic nitrogens is 2. The van der Waals surface area contributed by atoms with E-state index >= 15 is 0 Å². The number of benzene rings is 1. The molecule has 1 heterocycles. The molecule has 0 unspecified atom stereocenters. The predicted molar refractivity (Wildman–Crippen MR) is 93.0 cm³/mol. The highest BCUT2D eigenvalue weighted by Crippen LogP contribution is 2.22. The SMILES string of the molecule is CSC(N)=Nc1nccnc1OCc1ccccc1.I. The smallest absolute Gasteiger partial charge is 0.260 e. The van der Waals surface area contributed by atoms with Crippen LogP contribution in [0.1, 0.15) is 5.56 Å². The third-order valence-electron chi connectivity index (χ3n) is 2.29. The van der Waals surface area contributed by atoms with Crippen LogP contribution in [0.25, 0.3) is 0 Å². The summed E-state index contributed by atoms with van der Waals surface area (Å²) in [6.07, 6.45) is 4.97. The van der Waals surface area contributed by atoms with Crippen molar-refractivity contribution in [2.45, 2.75) is 6.61 Å². The summed E-state index contributed by atoms with van der Waals surface area (Å²) in [7, 11) is 0. The van der Waals surface area contributed by atoms with Crippen LogP contribution in [-0.2, 0) is 6.61 Å². The number of aliphatic imine (C=N–C) groups is 1. The topological polar surface area (TPSA) is 73.4 Å². The highest BCUT2D eigenvalue weighted by molar-refractivity contribution is 14.0. The van der Waals surface area contributed by atoms with Gasteiger partial charge in [-0.3, -0.25) is 0 Å². The largest absolute Gasteiger partial charge is 0.470 e. The molecule has 0 saturated carbocycles. The summed E-state index contributed by atoms with van der Waals surface area (Å²) in [5, 5.41) is 0.421. The van der Waals surface area contributed by atoms with Gasteiger partial charge in [-0.05, 0) is 11.8 Å². The number of amidine groups is 1. The highest BCUT2D eigenvalue weighted by Gasteiger charge is 2.06. The molecule has 2 N–H and O–H groups in total. The summed E-state index contributed by atoms with van der Waals surface area (Å²) in [4.78, 5) is 12.4. The summed E-state index contributed by atoms with van der Waals surface area (Å²) >= 11 is 1.35. The van der Waals surface area contributed by atoms with Crippen LogP contribution in [0.2, 0.25) is 0 Å². The lowest BCUT2D eigenvalue weighted by Crippen LogP contribution is -2.05. The summed E-state index contributed by atoms with van der Waals surface area (Å²) in [5.41, 5.74) is 6.73. The van der Waals surface area contributed by atoms with E-state index in [2.05, 4.69) is 15.0 Å². The van der Waals surface area contributed by atoms with Gasteiger partial charge in [0, 0.05) is 12.4 Å². The van der Waals surface area contributed by atoms with Gasteiger partial charge in [0.15, 0.2) is 5.17 Å². The number of nitrogens with two attached hydrogens (primary N) is 1. The van der Waals surface area contributed by atoms with E-state index in [-0.39, 0.29) is 24.0 Å². The Labute approximate surface area is 139 Å². The van der Waals surface area contributed by atoms with Gasteiger partial charge in [-0.15, -0.1) is 24.0 Å². The maximum Gasteiger partial charge on any atom is 0.260 e. The van der Waals surface area contributed by atoms with E-state index in [4.69, 9.17) is 10.5 Å². The van der Waals surface area contributed by atoms with Crippen LogP contribution in [0.5, 0.6) is 5.88 Å². The molecule has 0 aliphatic heterocycles. The number of thioether (sulfide) groups is 1. The lowest BCUT2D eigenvalue weighted by molar-refractivity contribution is 0.294. The fraction of sp³-hybridized carbons (Fsp3) is 0.154. The van der Waals surface area contributed by atoms with Gasteiger partial charge in [-0.1, -0.05) is 42.1 Å². The molecule has 0 atom stereocenters. The Bertz CT molecular complexity index is 565. The number of ether oxygens (including phenoxy) is 1. The molecule has 2 aromatic rings. The van der Waals surface area contributed by atoms with Crippen molar-refractivity contribution in [1.29, 1.82) is 0 Å². The first-order chi connectivity index (χ1) is 9.29. The molecule has 0 aliphatic carbocycles. The van der Waals surface area contributed by atoms with E-state index in [1.54, 1.807) is 12.4 Å². The van der Waals surface area contributed by atoms with Crippen molar-refractivity contribution in [1.82, 2.24) is 9.97 Å². The minimum Gasteiger partial charge on any atom is -0.470 e. The van der Waals surface area contributed by atoms with E-state index in [0.717, 1.165) is 5.56 Å². The van der Waals surface area contributed by atoms with Crippen molar-refractivity contribution in [2.75, 3.05) is 6.26 Å². The maximum atomic E-state index is 5.67. The second kappa shape index (κ2) is 8.75. The van der Waals surface area contributed by atoms with Crippen LogP contribution in [-0.4, -0.2) is 21.4 Å². The first-order valence-electron chi connectivity index (χ1n) is 5.65. The zero-order valence-corrected chi connectivity index (χ0v) is 14.0. The minimum atomic E-state index is 0. The van der Waals surface area contributed by atoms with Crippen molar-refractivity contribution in [2.24, 2.45) is 10.7 Å². The second-order valence-electron chi connectivity index (χ2n) is 3.61. The summed E-state index contributed by atoms with van der Waals surface area (Å²) in [6, 6.07) is 9.84. The van der Waals surface area contributed by atoms with Crippen molar-refractivity contribution in [3.63, 3.8) is 0 Å². The molecular weight excluding hydrogens is 387 g/mol.